The van der Waals surface area contributed by atoms with Crippen molar-refractivity contribution in [1.82, 2.24) is 0 Å². The fourth-order valence-electron chi connectivity index (χ4n) is 1.26. The Morgan fingerprint density at radius 1 is 1.60 bits per heavy atom. The largest absolute Gasteiger partial charge is 0.496 e. The predicted octanol–water partition coefficient (Wildman–Crippen LogP) is 2.43. The second-order valence-corrected chi connectivity index (χ2v) is 2.94. The van der Waals surface area contributed by atoms with Gasteiger partial charge in [0.15, 0.2) is 5.78 Å². The Balaban J connectivity index is 3.01. The summed E-state index contributed by atoms with van der Waals surface area (Å²) in [5, 5.41) is 0. The molecule has 0 saturated heterocycles. The molecule has 1 aromatic carbocycles. The maximum absolute atomic E-state index is 13.4. The highest BCUT2D eigenvalue weighted by Crippen LogP contribution is 2.22. The molecule has 2 nitrogen and oxygen atoms in total. The molecule has 0 radical (unpaired) electrons. The average Bonchev–Trinajstić information content (AvgIpc) is 2.25. The molecular formula is C12H11FO2. The fourth-order valence-corrected chi connectivity index (χ4v) is 1.26. The Bertz CT molecular complexity index is 405. The number of methoxy groups -OCH3 is 1. The van der Waals surface area contributed by atoms with Crippen molar-refractivity contribution in [3.8, 4) is 18.1 Å². The molecule has 0 saturated carbocycles. The molecule has 0 aromatic heterocycles. The van der Waals surface area contributed by atoms with Gasteiger partial charge in [-0.25, -0.2) is 4.39 Å². The van der Waals surface area contributed by atoms with Crippen LogP contribution < -0.4 is 4.74 Å². The number of hydrogen-bond acceptors (Lipinski definition) is 2. The number of halogens is 1. The molecule has 0 N–H and O–H groups in total. The lowest BCUT2D eigenvalue weighted by atomic mass is 10.1. The molecule has 78 valence electrons. The zero-order valence-electron chi connectivity index (χ0n) is 8.42. The third-order valence-corrected chi connectivity index (χ3v) is 1.97. The number of terminal acetylenes is 1. The summed E-state index contributed by atoms with van der Waals surface area (Å²) in [4.78, 5) is 11.6. The van der Waals surface area contributed by atoms with Crippen molar-refractivity contribution in [3.05, 3.63) is 29.6 Å². The van der Waals surface area contributed by atoms with E-state index in [2.05, 4.69) is 5.92 Å². The second-order valence-electron chi connectivity index (χ2n) is 2.94. The Morgan fingerprint density at radius 3 is 2.93 bits per heavy atom. The van der Waals surface area contributed by atoms with Crippen LogP contribution in [0.15, 0.2) is 18.2 Å². The Hall–Kier alpha value is -1.82. The first-order chi connectivity index (χ1) is 7.20. The van der Waals surface area contributed by atoms with Crippen LogP contribution in [0, 0.1) is 18.2 Å². The molecule has 15 heavy (non-hydrogen) atoms. The molecule has 0 amide bonds. The number of ether oxygens (including phenoxy) is 1. The summed E-state index contributed by atoms with van der Waals surface area (Å²) in [6.07, 6.45) is 5.47. The van der Waals surface area contributed by atoms with Gasteiger partial charge in [-0.05, 0) is 12.1 Å². The van der Waals surface area contributed by atoms with E-state index in [0.717, 1.165) is 0 Å². The van der Waals surface area contributed by atoms with E-state index < -0.39 is 5.82 Å². The smallest absolute Gasteiger partial charge is 0.170 e. The maximum atomic E-state index is 13.4. The Labute approximate surface area is 88.1 Å². The van der Waals surface area contributed by atoms with Gasteiger partial charge < -0.3 is 4.74 Å². The predicted molar refractivity (Wildman–Crippen MR) is 55.3 cm³/mol. The maximum Gasteiger partial charge on any atom is 0.170 e. The van der Waals surface area contributed by atoms with Gasteiger partial charge in [-0.1, -0.05) is 6.07 Å². The van der Waals surface area contributed by atoms with Crippen molar-refractivity contribution < 1.29 is 13.9 Å². The van der Waals surface area contributed by atoms with E-state index in [9.17, 15) is 9.18 Å². The molecular weight excluding hydrogens is 195 g/mol. The van der Waals surface area contributed by atoms with Gasteiger partial charge in [-0.2, -0.15) is 0 Å². The SMILES string of the molecule is C#CCCC(=O)c1c(F)cccc1OC. The summed E-state index contributed by atoms with van der Waals surface area (Å²) in [6, 6.07) is 4.27. The summed E-state index contributed by atoms with van der Waals surface area (Å²) in [5.74, 6) is 1.68. The van der Waals surface area contributed by atoms with Crippen molar-refractivity contribution in [3.63, 3.8) is 0 Å². The van der Waals surface area contributed by atoms with Gasteiger partial charge in [-0.3, -0.25) is 4.79 Å². The van der Waals surface area contributed by atoms with Crippen LogP contribution in [0.1, 0.15) is 23.2 Å². The molecule has 0 spiro atoms. The van der Waals surface area contributed by atoms with Gasteiger partial charge in [0.1, 0.15) is 11.6 Å². The molecule has 1 rings (SSSR count). The van der Waals surface area contributed by atoms with Crippen LogP contribution in [0.2, 0.25) is 0 Å². The van der Waals surface area contributed by atoms with Gasteiger partial charge >= 0.3 is 0 Å². The highest BCUT2D eigenvalue weighted by atomic mass is 19.1. The lowest BCUT2D eigenvalue weighted by Crippen LogP contribution is -2.04. The lowest BCUT2D eigenvalue weighted by molar-refractivity contribution is 0.0977. The Morgan fingerprint density at radius 2 is 2.33 bits per heavy atom. The van der Waals surface area contributed by atoms with Gasteiger partial charge in [0.25, 0.3) is 0 Å². The van der Waals surface area contributed by atoms with E-state index in [4.69, 9.17) is 11.2 Å². The monoisotopic (exact) mass is 206 g/mol. The van der Waals surface area contributed by atoms with E-state index in [1.165, 1.54) is 19.2 Å². The van der Waals surface area contributed by atoms with Crippen molar-refractivity contribution >= 4 is 5.78 Å². The number of ketones is 1. The molecule has 0 atom stereocenters. The minimum absolute atomic E-state index is 0.0183. The first-order valence-electron chi connectivity index (χ1n) is 4.50. The van der Waals surface area contributed by atoms with Crippen LogP contribution >= 0.6 is 0 Å². The van der Waals surface area contributed by atoms with E-state index in [-0.39, 0.29) is 23.5 Å². The number of rotatable bonds is 4. The molecule has 0 heterocycles. The number of benzene rings is 1. The first-order valence-corrected chi connectivity index (χ1v) is 4.50. The summed E-state index contributed by atoms with van der Waals surface area (Å²) in [7, 11) is 1.40. The molecule has 0 aliphatic heterocycles. The highest BCUT2D eigenvalue weighted by Gasteiger charge is 2.16. The lowest BCUT2D eigenvalue weighted by Gasteiger charge is -2.07. The van der Waals surface area contributed by atoms with Gasteiger partial charge in [0.2, 0.25) is 0 Å². The normalized spacial score (nSPS) is 9.40. The number of Topliss-reactive ketones (excluding diaryl/α,β-unsaturated/α-hetero) is 1. The van der Waals surface area contributed by atoms with Crippen molar-refractivity contribution in [2.75, 3.05) is 7.11 Å². The molecule has 1 aromatic rings. The fraction of sp³-hybridized carbons (Fsp3) is 0.250. The standard InChI is InChI=1S/C12H11FO2/c1-3-4-7-10(14)12-9(13)6-5-8-11(12)15-2/h1,5-6,8H,4,7H2,2H3. The van der Waals surface area contributed by atoms with Crippen LogP contribution in [0.25, 0.3) is 0 Å². The third-order valence-electron chi connectivity index (χ3n) is 1.97. The highest BCUT2D eigenvalue weighted by molar-refractivity contribution is 5.99. The summed E-state index contributed by atoms with van der Waals surface area (Å²) < 4.78 is 18.3. The summed E-state index contributed by atoms with van der Waals surface area (Å²) >= 11 is 0. The van der Waals surface area contributed by atoms with Crippen molar-refractivity contribution in [1.29, 1.82) is 0 Å². The molecule has 3 heteroatoms. The van der Waals surface area contributed by atoms with E-state index in [1.807, 2.05) is 0 Å². The molecule has 0 fully saturated rings. The second kappa shape index (κ2) is 5.16. The minimum Gasteiger partial charge on any atom is -0.496 e. The molecule has 0 aliphatic carbocycles. The summed E-state index contributed by atoms with van der Waals surface area (Å²) in [6.45, 7) is 0. The van der Waals surface area contributed by atoms with Gasteiger partial charge in [0, 0.05) is 12.8 Å². The van der Waals surface area contributed by atoms with E-state index in [0.29, 0.717) is 6.42 Å². The zero-order valence-corrected chi connectivity index (χ0v) is 8.42. The van der Waals surface area contributed by atoms with Crippen LogP contribution in [-0.2, 0) is 0 Å². The first kappa shape index (κ1) is 11.3. The number of carbonyl (C=O) groups excluding carboxylic acids is 1. The van der Waals surface area contributed by atoms with Crippen LogP contribution in [0.5, 0.6) is 5.75 Å². The van der Waals surface area contributed by atoms with Gasteiger partial charge in [0.05, 0.1) is 12.7 Å². The van der Waals surface area contributed by atoms with Crippen molar-refractivity contribution in [2.24, 2.45) is 0 Å². The zero-order chi connectivity index (χ0) is 11.3. The Kier molecular flexibility index (Phi) is 3.87. The van der Waals surface area contributed by atoms with E-state index in [1.54, 1.807) is 6.07 Å². The molecule has 0 aliphatic rings. The average molecular weight is 206 g/mol. The van der Waals surface area contributed by atoms with Gasteiger partial charge in [-0.15, -0.1) is 12.3 Å². The van der Waals surface area contributed by atoms with Crippen LogP contribution in [0.4, 0.5) is 4.39 Å². The topological polar surface area (TPSA) is 26.3 Å². The van der Waals surface area contributed by atoms with Crippen LogP contribution in [-0.4, -0.2) is 12.9 Å². The molecule has 0 bridgehead atoms. The quantitative estimate of drug-likeness (QED) is 0.558. The summed E-state index contributed by atoms with van der Waals surface area (Å²) in [5.41, 5.74) is -0.0183. The van der Waals surface area contributed by atoms with E-state index >= 15 is 0 Å². The van der Waals surface area contributed by atoms with Crippen molar-refractivity contribution in [2.45, 2.75) is 12.8 Å². The number of hydrogen-bond donors (Lipinski definition) is 0. The van der Waals surface area contributed by atoms with Crippen LogP contribution in [0.3, 0.4) is 0 Å². The number of carbonyl (C=O) groups is 1. The minimum atomic E-state index is -0.573. The molecule has 0 unspecified atom stereocenters. The third kappa shape index (κ3) is 2.57.